The van der Waals surface area contributed by atoms with E-state index < -0.39 is 16.2 Å². The van der Waals surface area contributed by atoms with Crippen molar-refractivity contribution in [3.63, 3.8) is 0 Å². The summed E-state index contributed by atoms with van der Waals surface area (Å²) in [6, 6.07) is -0.339. The van der Waals surface area contributed by atoms with Crippen LogP contribution in [0.25, 0.3) is 0 Å². The monoisotopic (exact) mass is 362 g/mol. The van der Waals surface area contributed by atoms with E-state index in [1.54, 1.807) is 9.21 Å². The van der Waals surface area contributed by atoms with Crippen LogP contribution < -0.4 is 5.32 Å². The van der Waals surface area contributed by atoms with Crippen molar-refractivity contribution in [3.05, 3.63) is 0 Å². The summed E-state index contributed by atoms with van der Waals surface area (Å²) in [7, 11) is -3.46. The molecule has 0 aromatic heterocycles. The lowest BCUT2D eigenvalue weighted by atomic mass is 10.2. The highest BCUT2D eigenvalue weighted by Gasteiger charge is 2.32. The molecule has 0 aromatic rings. The predicted octanol–water partition coefficient (Wildman–Crippen LogP) is -0.0909. The molecular weight excluding hydrogens is 336 g/mol. The number of urea groups is 1. The summed E-state index contributed by atoms with van der Waals surface area (Å²) in [5.74, 6) is -0.968. The van der Waals surface area contributed by atoms with E-state index in [0.29, 0.717) is 39.1 Å². The summed E-state index contributed by atoms with van der Waals surface area (Å²) in [5.41, 5.74) is 0. The molecule has 0 spiro atoms. The van der Waals surface area contributed by atoms with Gasteiger partial charge in [0.1, 0.15) is 0 Å². The number of nitrogens with zero attached hydrogens (tertiary/aromatic N) is 3. The first-order chi connectivity index (χ1) is 11.4. The van der Waals surface area contributed by atoms with Crippen LogP contribution in [0.2, 0.25) is 0 Å². The van der Waals surface area contributed by atoms with Crippen molar-refractivity contribution in [2.24, 2.45) is 0 Å². The van der Waals surface area contributed by atoms with Crippen molar-refractivity contribution in [1.82, 2.24) is 18.8 Å². The third-order valence-electron chi connectivity index (χ3n) is 4.32. The Kier molecular flexibility index (Phi) is 6.81. The van der Waals surface area contributed by atoms with E-state index >= 15 is 0 Å². The molecule has 0 unspecified atom stereocenters. The zero-order valence-corrected chi connectivity index (χ0v) is 14.6. The Labute approximate surface area is 142 Å². The summed E-state index contributed by atoms with van der Waals surface area (Å²) in [4.78, 5) is 24.1. The molecule has 0 radical (unpaired) electrons. The van der Waals surface area contributed by atoms with E-state index in [1.807, 2.05) is 0 Å². The summed E-state index contributed by atoms with van der Waals surface area (Å²) in [6.45, 7) is 2.65. The number of carbonyl (C=O) groups is 2. The van der Waals surface area contributed by atoms with E-state index in [-0.39, 0.29) is 25.5 Å². The van der Waals surface area contributed by atoms with Crippen molar-refractivity contribution in [2.45, 2.75) is 32.1 Å². The lowest BCUT2D eigenvalue weighted by Gasteiger charge is -2.31. The molecule has 24 heavy (non-hydrogen) atoms. The van der Waals surface area contributed by atoms with E-state index in [0.717, 1.165) is 19.3 Å². The first-order valence-electron chi connectivity index (χ1n) is 8.41. The number of hydrogen-bond donors (Lipinski definition) is 2. The van der Waals surface area contributed by atoms with Crippen LogP contribution in [-0.4, -0.2) is 84.8 Å². The maximum Gasteiger partial charge on any atom is 0.317 e. The van der Waals surface area contributed by atoms with Gasteiger partial charge in [-0.15, -0.1) is 0 Å². The lowest BCUT2D eigenvalue weighted by Crippen LogP contribution is -2.48. The van der Waals surface area contributed by atoms with E-state index in [2.05, 4.69) is 5.32 Å². The van der Waals surface area contributed by atoms with Gasteiger partial charge in [0.2, 0.25) is 0 Å². The van der Waals surface area contributed by atoms with E-state index in [4.69, 9.17) is 5.11 Å². The number of carboxylic acid groups (broad SMARTS) is 1. The van der Waals surface area contributed by atoms with Crippen LogP contribution in [0, 0.1) is 0 Å². The highest BCUT2D eigenvalue weighted by atomic mass is 32.2. The summed E-state index contributed by atoms with van der Waals surface area (Å²) in [6.07, 6.45) is 3.29. The molecule has 0 bridgehead atoms. The summed E-state index contributed by atoms with van der Waals surface area (Å²) >= 11 is 0. The normalized spacial score (nSPS) is 21.2. The summed E-state index contributed by atoms with van der Waals surface area (Å²) < 4.78 is 28.4. The number of amides is 2. The van der Waals surface area contributed by atoms with Crippen molar-refractivity contribution in [1.29, 1.82) is 0 Å². The van der Waals surface area contributed by atoms with Crippen LogP contribution in [0.5, 0.6) is 0 Å². The van der Waals surface area contributed by atoms with Gasteiger partial charge in [0.05, 0.1) is 6.42 Å². The molecule has 2 amide bonds. The number of carboxylic acids is 1. The molecule has 2 heterocycles. The van der Waals surface area contributed by atoms with E-state index in [9.17, 15) is 18.0 Å². The first-order valence-corrected chi connectivity index (χ1v) is 9.81. The quantitative estimate of drug-likeness (QED) is 0.710. The van der Waals surface area contributed by atoms with Gasteiger partial charge >= 0.3 is 12.0 Å². The van der Waals surface area contributed by atoms with Gasteiger partial charge in [0.25, 0.3) is 10.2 Å². The average molecular weight is 362 g/mol. The van der Waals surface area contributed by atoms with Crippen molar-refractivity contribution in [2.75, 3.05) is 45.8 Å². The third kappa shape index (κ3) is 5.05. The summed E-state index contributed by atoms with van der Waals surface area (Å²) in [5, 5.41) is 11.1. The fourth-order valence-electron chi connectivity index (χ4n) is 2.97. The van der Waals surface area contributed by atoms with Gasteiger partial charge < -0.3 is 15.3 Å². The minimum atomic E-state index is -3.46. The molecule has 2 aliphatic heterocycles. The topological polar surface area (TPSA) is 110 Å². The third-order valence-corrected chi connectivity index (χ3v) is 6.36. The number of rotatable bonds is 5. The van der Waals surface area contributed by atoms with Gasteiger partial charge in [-0.05, 0) is 19.3 Å². The Bertz CT molecular complexity index is 547. The minimum Gasteiger partial charge on any atom is -0.481 e. The van der Waals surface area contributed by atoms with E-state index in [1.165, 1.54) is 4.31 Å². The molecule has 10 heteroatoms. The zero-order chi connectivity index (χ0) is 17.6. The molecular formula is C14H26N4O5S. The molecule has 9 nitrogen and oxygen atoms in total. The standard InChI is InChI=1S/C14H26N4O5S/c19-13(20)5-6-15-14(21)16-7-4-10-18(12-11-16)24(22,23)17-8-2-1-3-9-17/h1-12H2,(H,15,21)(H,19,20). The Hall–Kier alpha value is -1.39. The molecule has 0 aromatic carbocycles. The minimum absolute atomic E-state index is 0.0699. The Morgan fingerprint density at radius 2 is 1.50 bits per heavy atom. The van der Waals surface area contributed by atoms with Crippen LogP contribution in [0.1, 0.15) is 32.1 Å². The van der Waals surface area contributed by atoms with Gasteiger partial charge in [-0.3, -0.25) is 4.79 Å². The number of hydrogen-bond acceptors (Lipinski definition) is 4. The molecule has 0 saturated carbocycles. The fourth-order valence-corrected chi connectivity index (χ4v) is 4.69. The van der Waals surface area contributed by atoms with Crippen molar-refractivity contribution < 1.29 is 23.1 Å². The Morgan fingerprint density at radius 3 is 2.17 bits per heavy atom. The maximum atomic E-state index is 12.7. The molecule has 0 aliphatic carbocycles. The SMILES string of the molecule is O=C(O)CCNC(=O)N1CCCN(S(=O)(=O)N2CCCCC2)CC1. The van der Waals surface area contributed by atoms with Gasteiger partial charge in [0, 0.05) is 45.8 Å². The largest absolute Gasteiger partial charge is 0.481 e. The van der Waals surface area contributed by atoms with Crippen LogP contribution >= 0.6 is 0 Å². The molecule has 138 valence electrons. The smallest absolute Gasteiger partial charge is 0.317 e. The molecule has 2 N–H and O–H groups in total. The van der Waals surface area contributed by atoms with Crippen LogP contribution in [0.15, 0.2) is 0 Å². The molecule has 0 atom stereocenters. The predicted molar refractivity (Wildman–Crippen MR) is 87.8 cm³/mol. The number of carbonyl (C=O) groups excluding carboxylic acids is 1. The molecule has 2 saturated heterocycles. The van der Waals surface area contributed by atoms with Crippen LogP contribution in [0.4, 0.5) is 4.79 Å². The maximum absolute atomic E-state index is 12.7. The second kappa shape index (κ2) is 8.63. The Morgan fingerprint density at radius 1 is 0.875 bits per heavy atom. The Balaban J connectivity index is 1.87. The van der Waals surface area contributed by atoms with Gasteiger partial charge in [-0.25, -0.2) is 4.79 Å². The number of aliphatic carboxylic acids is 1. The second-order valence-electron chi connectivity index (χ2n) is 6.08. The second-order valence-corrected chi connectivity index (χ2v) is 8.01. The molecule has 2 aliphatic rings. The van der Waals surface area contributed by atoms with Crippen molar-refractivity contribution in [3.8, 4) is 0 Å². The van der Waals surface area contributed by atoms with Crippen molar-refractivity contribution >= 4 is 22.2 Å². The molecule has 2 fully saturated rings. The fraction of sp³-hybridized carbons (Fsp3) is 0.857. The average Bonchev–Trinajstić information content (AvgIpc) is 2.82. The van der Waals surface area contributed by atoms with Crippen LogP contribution in [-0.2, 0) is 15.0 Å². The highest BCUT2D eigenvalue weighted by Crippen LogP contribution is 2.18. The first kappa shape index (κ1) is 18.9. The number of piperidine rings is 1. The molecule has 2 rings (SSSR count). The van der Waals surface area contributed by atoms with Gasteiger partial charge in [-0.2, -0.15) is 17.0 Å². The number of nitrogens with one attached hydrogen (secondary N) is 1. The van der Waals surface area contributed by atoms with Crippen LogP contribution in [0.3, 0.4) is 0 Å². The highest BCUT2D eigenvalue weighted by molar-refractivity contribution is 7.86. The van der Waals surface area contributed by atoms with Gasteiger partial charge in [-0.1, -0.05) is 6.42 Å². The zero-order valence-electron chi connectivity index (χ0n) is 13.8. The van der Waals surface area contributed by atoms with Gasteiger partial charge in [0.15, 0.2) is 0 Å². The lowest BCUT2D eigenvalue weighted by molar-refractivity contribution is -0.136.